The van der Waals surface area contributed by atoms with Crippen molar-refractivity contribution in [2.75, 3.05) is 7.11 Å². The summed E-state index contributed by atoms with van der Waals surface area (Å²) < 4.78 is 473. The zero-order valence-electron chi connectivity index (χ0n) is 51.7. The maximum Gasteiger partial charge on any atom is 0.434 e. The fourth-order valence-electron chi connectivity index (χ4n) is 4.10. The summed E-state index contributed by atoms with van der Waals surface area (Å²) in [6, 6.07) is 0. The Labute approximate surface area is 539 Å². The third kappa shape index (κ3) is 56.5. The highest BCUT2D eigenvalue weighted by Gasteiger charge is 2.62. The molecule has 0 fully saturated rings. The van der Waals surface area contributed by atoms with Gasteiger partial charge < -0.3 is 18.9 Å². The number of rotatable bonds is 19. The van der Waals surface area contributed by atoms with Gasteiger partial charge in [0.1, 0.15) is 25.3 Å². The second-order valence-electron chi connectivity index (χ2n) is 17.9. The number of unbranched alkanes of at least 4 members (excludes halogenated alkanes) is 2. The number of Topliss-reactive ketones (excluding diaryl/α,β-unsaturated/α-hetero) is 1. The highest BCUT2D eigenvalue weighted by Crippen LogP contribution is 2.41. The number of ketones is 1. The lowest BCUT2D eigenvalue weighted by molar-refractivity contribution is -0.313. The summed E-state index contributed by atoms with van der Waals surface area (Å²) in [5.41, 5.74) is 1.36. The topological polar surface area (TPSA) is 122 Å². The number of allylic oxidation sites excluding steroid dienone is 7. The highest BCUT2D eigenvalue weighted by molar-refractivity contribution is 5.92. The largest absolute Gasteiger partial charge is 0.464 e. The molecule has 0 atom stereocenters. The minimum atomic E-state index is -5.97. The van der Waals surface area contributed by atoms with E-state index in [9.17, 15) is 195 Å². The Bertz CT molecular complexity index is 2490. The van der Waals surface area contributed by atoms with Crippen molar-refractivity contribution in [3.63, 3.8) is 0 Å². The molecule has 0 unspecified atom stereocenters. The van der Waals surface area contributed by atoms with Crippen LogP contribution in [0, 0.1) is 0 Å². The van der Waals surface area contributed by atoms with Crippen molar-refractivity contribution >= 4 is 29.7 Å². The Balaban J connectivity index is -0.000000164. The van der Waals surface area contributed by atoms with Gasteiger partial charge in [-0.05, 0) is 66.9 Å². The van der Waals surface area contributed by atoms with Gasteiger partial charge in [-0.2, -0.15) is 123 Å². The van der Waals surface area contributed by atoms with E-state index < -0.39 is 201 Å². The van der Waals surface area contributed by atoms with Crippen molar-refractivity contribution in [3.05, 3.63) is 95.7 Å². The average molecular weight is 1560 g/mol. The number of hydrogen-bond acceptors (Lipinski definition) is 9. The molecule has 0 bridgehead atoms. The molecule has 0 saturated heterocycles. The standard InChI is InChI=1S/C9H18.C7H6F8.C7H5F7O2.C7H8F6.2C6H2F8O2.C6H10O.C4H4F2O2/c1-4-6-7-8-9(3)5-2;1-5(9,10)3-6(11,12)4(8)2-7(13,14)15;1-3(2-8)4(15)16-5(6(9,10)11)7(12,13)14;1-2-6(10,11)4-7(12,13)5(9)3-8;2*7-1-2(8)3(15)16-4(5(9,10)11)6(12,13)14;1-4-5(2)6(3)7;1-8-4(7)3(6)2-5/h5H,4,6-8H2,1-3H3;2H,3H2,1H3;2,5H,1H3;3H,2,4H2,1H3;2*1,4H;4H,1-3H3;2H,1H3/b9-5-;4-2+;3-2+;5-3+;2-1+;2-1-;5-4+;3-2-. The monoisotopic (exact) mass is 1560 g/mol. The van der Waals surface area contributed by atoms with Gasteiger partial charge in [0.15, 0.2) is 17.4 Å². The first-order valence-electron chi connectivity index (χ1n) is 25.2. The minimum absolute atomic E-state index is 0.0573. The number of alkyl halides is 29. The zero-order chi connectivity index (χ0) is 82.2. The van der Waals surface area contributed by atoms with Crippen LogP contribution in [0.5, 0.6) is 0 Å². The van der Waals surface area contributed by atoms with E-state index in [4.69, 9.17) is 0 Å². The Morgan fingerprint density at radius 2 is 0.710 bits per heavy atom. The van der Waals surface area contributed by atoms with Crippen LogP contribution in [0.4, 0.5) is 171 Å². The summed E-state index contributed by atoms with van der Waals surface area (Å²) in [5, 5.41) is 0. The molecule has 0 aromatic heterocycles. The SMILES string of the molecule is C/C(=C\F)C(=O)OC(C(F)(F)F)C(F)(F)F.C/C=C(/C)CCCCC.C/C=C(\C)C(C)=O.CC(F)(F)CC(F)(F)/C(F)=C\C(F)(F)F.CCC(F)(F)CC(F)(F)/C(F)=C\F.COC(=O)/C(F)=C/F.O=C(OC(C(F)(F)F)C(F)(F)F)/C(F)=C/F.O=C(OC(C(F)(F)F)C(F)(F)F)/C(F)=C\F. The summed E-state index contributed by atoms with van der Waals surface area (Å²) in [7, 11) is 0.964. The van der Waals surface area contributed by atoms with Crippen molar-refractivity contribution in [2.24, 2.45) is 0 Å². The van der Waals surface area contributed by atoms with Gasteiger partial charge in [0.25, 0.3) is 30.2 Å². The second kappa shape index (κ2) is 47.8. The summed E-state index contributed by atoms with van der Waals surface area (Å²) >= 11 is 0. The quantitative estimate of drug-likeness (QED) is 0.0311. The number of hydrogen-bond donors (Lipinski definition) is 0. The maximum atomic E-state index is 12.4. The van der Waals surface area contributed by atoms with E-state index in [1.54, 1.807) is 6.92 Å². The van der Waals surface area contributed by atoms with Crippen LogP contribution in [0.15, 0.2) is 95.7 Å². The van der Waals surface area contributed by atoms with Crippen LogP contribution in [-0.2, 0) is 42.9 Å². The molecule has 0 aliphatic rings. The number of halogens is 39. The lowest BCUT2D eigenvalue weighted by Crippen LogP contribution is -2.45. The van der Waals surface area contributed by atoms with Crippen LogP contribution in [0.3, 0.4) is 0 Å². The molecule has 0 aromatic rings. The summed E-state index contributed by atoms with van der Waals surface area (Å²) in [6.45, 7) is 13.5. The Hall–Kier alpha value is -7.26. The molecule has 48 heteroatoms. The molecule has 0 rings (SSSR count). The first-order chi connectivity index (χ1) is 44.3. The van der Waals surface area contributed by atoms with Crippen molar-refractivity contribution in [1.29, 1.82) is 0 Å². The number of ether oxygens (including phenoxy) is 4. The Morgan fingerprint density at radius 1 is 0.400 bits per heavy atom. The van der Waals surface area contributed by atoms with E-state index in [1.807, 2.05) is 19.9 Å². The Kier molecular flexibility index (Phi) is 51.9. The number of carbonyl (C=O) groups excluding carboxylic acids is 5. The van der Waals surface area contributed by atoms with Crippen LogP contribution < -0.4 is 0 Å². The third-order valence-corrected chi connectivity index (χ3v) is 9.27. The van der Waals surface area contributed by atoms with Crippen LogP contribution >= 0.6 is 0 Å². The smallest absolute Gasteiger partial charge is 0.434 e. The summed E-state index contributed by atoms with van der Waals surface area (Å²) in [6.07, 6.45) is -55.3. The van der Waals surface area contributed by atoms with Crippen LogP contribution in [0.25, 0.3) is 0 Å². The van der Waals surface area contributed by atoms with Crippen LogP contribution in [0.1, 0.15) is 107 Å². The first kappa shape index (κ1) is 109. The summed E-state index contributed by atoms with van der Waals surface area (Å²) in [4.78, 5) is 51.0. The lowest BCUT2D eigenvalue weighted by Gasteiger charge is -2.22. The van der Waals surface area contributed by atoms with Crippen molar-refractivity contribution < 1.29 is 214 Å². The van der Waals surface area contributed by atoms with Crippen LogP contribution in [-0.4, -0.2) is 122 Å². The molecular weight excluding hydrogens is 1510 g/mol. The molecule has 0 spiro atoms. The molecule has 0 heterocycles. The number of esters is 4. The van der Waals surface area contributed by atoms with Gasteiger partial charge in [-0.3, -0.25) is 4.79 Å². The molecule has 0 saturated carbocycles. The molecule has 590 valence electrons. The van der Waals surface area contributed by atoms with Gasteiger partial charge in [0.05, 0.1) is 37.9 Å². The van der Waals surface area contributed by atoms with E-state index in [0.717, 1.165) is 19.6 Å². The van der Waals surface area contributed by atoms with Gasteiger partial charge in [-0.25, -0.2) is 67.5 Å². The highest BCUT2D eigenvalue weighted by atomic mass is 19.4. The molecular formula is C52H55F39O9. The molecule has 0 radical (unpaired) electrons. The van der Waals surface area contributed by atoms with Gasteiger partial charge in [-0.1, -0.05) is 44.4 Å². The molecule has 0 N–H and O–H groups in total. The Morgan fingerprint density at radius 3 is 0.910 bits per heavy atom. The molecule has 100 heavy (non-hydrogen) atoms. The van der Waals surface area contributed by atoms with Gasteiger partial charge in [0.2, 0.25) is 17.5 Å². The lowest BCUT2D eigenvalue weighted by atomic mass is 10.1. The molecule has 0 aliphatic carbocycles. The van der Waals surface area contributed by atoms with Crippen molar-refractivity contribution in [3.8, 4) is 0 Å². The number of carbonyl (C=O) groups is 5. The molecule has 0 aliphatic heterocycles. The first-order valence-corrected chi connectivity index (χ1v) is 25.2. The van der Waals surface area contributed by atoms with Crippen LogP contribution in [0.2, 0.25) is 0 Å². The predicted octanol–water partition coefficient (Wildman–Crippen LogP) is 22.4. The van der Waals surface area contributed by atoms with E-state index in [-0.39, 0.29) is 12.7 Å². The van der Waals surface area contributed by atoms with E-state index in [2.05, 4.69) is 45.8 Å². The van der Waals surface area contributed by atoms with E-state index in [0.29, 0.717) is 6.92 Å². The van der Waals surface area contributed by atoms with Gasteiger partial charge >= 0.3 is 79.0 Å². The molecule has 0 amide bonds. The van der Waals surface area contributed by atoms with E-state index >= 15 is 0 Å². The third-order valence-electron chi connectivity index (χ3n) is 9.27. The van der Waals surface area contributed by atoms with Crippen molar-refractivity contribution in [2.45, 2.75) is 192 Å². The average Bonchev–Trinajstić information content (AvgIpc) is 0.847. The summed E-state index contributed by atoms with van der Waals surface area (Å²) in [5.74, 6) is -37.4. The normalized spacial score (nSPS) is 13.9. The fourth-order valence-corrected chi connectivity index (χ4v) is 4.10. The zero-order valence-corrected chi connectivity index (χ0v) is 51.7. The van der Waals surface area contributed by atoms with Gasteiger partial charge in [-0.15, -0.1) is 0 Å². The van der Waals surface area contributed by atoms with Crippen molar-refractivity contribution in [1.82, 2.24) is 0 Å². The number of methoxy groups -OCH3 is 1. The minimum Gasteiger partial charge on any atom is -0.464 e. The maximum absolute atomic E-state index is 12.4. The van der Waals surface area contributed by atoms with E-state index in [1.165, 1.54) is 31.3 Å². The van der Waals surface area contributed by atoms with Gasteiger partial charge in [0, 0.05) is 6.42 Å². The second-order valence-corrected chi connectivity index (χ2v) is 17.9. The fraction of sp³-hybridized carbons (Fsp3) is 0.596. The molecule has 9 nitrogen and oxygen atoms in total. The predicted molar refractivity (Wildman–Crippen MR) is 268 cm³/mol. The molecule has 0 aromatic carbocycles.